The fourth-order valence-corrected chi connectivity index (χ4v) is 1.99. The maximum Gasteiger partial charge on any atom is 0.131 e. The molecule has 86 valence electrons. The molecule has 5 heteroatoms. The molecule has 0 radical (unpaired) electrons. The highest BCUT2D eigenvalue weighted by Gasteiger charge is 2.47. The van der Waals surface area contributed by atoms with E-state index in [4.69, 9.17) is 0 Å². The topological polar surface area (TPSA) is 60.2 Å². The van der Waals surface area contributed by atoms with E-state index in [0.717, 1.165) is 11.4 Å². The zero-order chi connectivity index (χ0) is 11.9. The van der Waals surface area contributed by atoms with E-state index < -0.39 is 11.2 Å². The second kappa shape index (κ2) is 3.57. The maximum atomic E-state index is 10.0. The molecule has 1 rings (SSSR count). The van der Waals surface area contributed by atoms with Crippen LogP contribution in [0.2, 0.25) is 0 Å². The van der Waals surface area contributed by atoms with Crippen LogP contribution in [-0.2, 0) is 0 Å². The Kier molecular flexibility index (Phi) is 2.89. The second-order valence-corrected chi connectivity index (χ2v) is 4.75. The summed E-state index contributed by atoms with van der Waals surface area (Å²) >= 11 is 0. The molecule has 0 unspecified atom stereocenters. The third-order valence-electron chi connectivity index (χ3n) is 2.63. The number of aliphatic imine (C=N–C) groups is 1. The summed E-state index contributed by atoms with van der Waals surface area (Å²) < 4.78 is 0. The maximum absolute atomic E-state index is 10.0. The Balaban J connectivity index is 3.14. The monoisotopic (exact) mass is 212 g/mol. The van der Waals surface area contributed by atoms with Gasteiger partial charge >= 0.3 is 0 Å². The average Bonchev–Trinajstić information content (AvgIpc) is 2.27. The van der Waals surface area contributed by atoms with Crippen LogP contribution in [0.4, 0.5) is 0 Å². The second-order valence-electron chi connectivity index (χ2n) is 4.75. The van der Waals surface area contributed by atoms with Crippen molar-refractivity contribution in [1.29, 1.82) is 0 Å². The van der Waals surface area contributed by atoms with Gasteiger partial charge in [-0.1, -0.05) is 0 Å². The van der Waals surface area contributed by atoms with Crippen molar-refractivity contribution >= 4 is 11.4 Å². The van der Waals surface area contributed by atoms with E-state index in [1.807, 2.05) is 34.6 Å². The first-order chi connectivity index (χ1) is 6.73. The highest BCUT2D eigenvalue weighted by atomic mass is 16.5. The van der Waals surface area contributed by atoms with Crippen LogP contribution in [0.5, 0.6) is 0 Å². The summed E-state index contributed by atoms with van der Waals surface area (Å²) in [5.41, 5.74) is 3.24. The molecule has 15 heavy (non-hydrogen) atoms. The zero-order valence-electron chi connectivity index (χ0n) is 10.3. The van der Waals surface area contributed by atoms with Crippen molar-refractivity contribution < 1.29 is 5.21 Å². The summed E-state index contributed by atoms with van der Waals surface area (Å²) in [6.07, 6.45) is 0. The van der Waals surface area contributed by atoms with Gasteiger partial charge in [0.05, 0.1) is 17.0 Å². The predicted molar refractivity (Wildman–Crippen MR) is 61.4 cm³/mol. The number of hydrazone groups is 1. The van der Waals surface area contributed by atoms with Crippen molar-refractivity contribution in [2.45, 2.75) is 45.8 Å². The summed E-state index contributed by atoms with van der Waals surface area (Å²) in [7, 11) is 1.74. The lowest BCUT2D eigenvalue weighted by Gasteiger charge is -2.33. The first-order valence-electron chi connectivity index (χ1n) is 5.04. The van der Waals surface area contributed by atoms with Crippen molar-refractivity contribution in [3.8, 4) is 0 Å². The molecule has 0 saturated heterocycles. The summed E-state index contributed by atoms with van der Waals surface area (Å²) in [5.74, 6) is 0. The molecule has 0 amide bonds. The van der Waals surface area contributed by atoms with E-state index in [-0.39, 0.29) is 0 Å². The van der Waals surface area contributed by atoms with Crippen LogP contribution in [0.15, 0.2) is 10.1 Å². The van der Waals surface area contributed by atoms with Gasteiger partial charge in [-0.15, -0.1) is 0 Å². The van der Waals surface area contributed by atoms with Crippen molar-refractivity contribution in [2.24, 2.45) is 10.1 Å². The Morgan fingerprint density at radius 3 is 2.27 bits per heavy atom. The number of hydrogen-bond donors (Lipinski definition) is 2. The van der Waals surface area contributed by atoms with Crippen molar-refractivity contribution in [3.05, 3.63) is 0 Å². The van der Waals surface area contributed by atoms with Gasteiger partial charge in [0.2, 0.25) is 0 Å². The summed E-state index contributed by atoms with van der Waals surface area (Å²) in [5, 5.41) is 15.4. The Hall–Kier alpha value is -0.940. The standard InChI is InChI=1S/C10H20N4O/c1-7(13-11-6)8-9(2,3)14(15)10(4,5)12-8/h11,15H,1-6H3/b13-7+. The van der Waals surface area contributed by atoms with Gasteiger partial charge in [-0.3, -0.25) is 4.99 Å². The van der Waals surface area contributed by atoms with E-state index in [9.17, 15) is 5.21 Å². The van der Waals surface area contributed by atoms with Crippen LogP contribution < -0.4 is 5.43 Å². The summed E-state index contributed by atoms with van der Waals surface area (Å²) in [4.78, 5) is 4.49. The lowest BCUT2D eigenvalue weighted by molar-refractivity contribution is -0.187. The highest BCUT2D eigenvalue weighted by molar-refractivity contribution is 6.45. The predicted octanol–water partition coefficient (Wildman–Crippen LogP) is 1.24. The third-order valence-corrected chi connectivity index (χ3v) is 2.63. The van der Waals surface area contributed by atoms with Crippen LogP contribution in [0.1, 0.15) is 34.6 Å². The Morgan fingerprint density at radius 1 is 1.40 bits per heavy atom. The Labute approximate surface area is 90.8 Å². The number of nitrogens with one attached hydrogen (secondary N) is 1. The quantitative estimate of drug-likeness (QED) is 0.535. The number of hydrogen-bond acceptors (Lipinski definition) is 5. The molecule has 1 aliphatic rings. The van der Waals surface area contributed by atoms with E-state index in [0.29, 0.717) is 0 Å². The molecular weight excluding hydrogens is 192 g/mol. The molecule has 0 aromatic rings. The molecule has 1 aliphatic heterocycles. The molecule has 0 fully saturated rings. The van der Waals surface area contributed by atoms with Gasteiger partial charge in [0.25, 0.3) is 0 Å². The molecule has 0 bridgehead atoms. The molecular formula is C10H20N4O. The van der Waals surface area contributed by atoms with E-state index in [1.54, 1.807) is 7.05 Å². The van der Waals surface area contributed by atoms with Gasteiger partial charge < -0.3 is 10.6 Å². The average molecular weight is 212 g/mol. The Morgan fingerprint density at radius 2 is 1.93 bits per heavy atom. The molecule has 0 atom stereocenters. The molecule has 5 nitrogen and oxygen atoms in total. The highest BCUT2D eigenvalue weighted by Crippen LogP contribution is 2.33. The minimum Gasteiger partial charge on any atom is -0.313 e. The lowest BCUT2D eigenvalue weighted by Crippen LogP contribution is -2.51. The fraction of sp³-hybridized carbons (Fsp3) is 0.800. The van der Waals surface area contributed by atoms with Gasteiger partial charge in [0, 0.05) is 7.05 Å². The summed E-state index contributed by atoms with van der Waals surface area (Å²) in [6, 6.07) is 0. The lowest BCUT2D eigenvalue weighted by atomic mass is 9.95. The minimum absolute atomic E-state index is 0.506. The molecule has 2 N–H and O–H groups in total. The van der Waals surface area contributed by atoms with Crippen molar-refractivity contribution in [3.63, 3.8) is 0 Å². The van der Waals surface area contributed by atoms with Gasteiger partial charge in [0.15, 0.2) is 0 Å². The molecule has 0 aromatic heterocycles. The minimum atomic E-state index is -0.594. The van der Waals surface area contributed by atoms with Gasteiger partial charge in [-0.2, -0.15) is 10.2 Å². The van der Waals surface area contributed by atoms with E-state index in [1.165, 1.54) is 5.06 Å². The normalized spacial score (nSPS) is 25.3. The zero-order valence-corrected chi connectivity index (χ0v) is 10.3. The van der Waals surface area contributed by atoms with E-state index >= 15 is 0 Å². The molecule has 0 aromatic carbocycles. The first-order valence-corrected chi connectivity index (χ1v) is 5.04. The van der Waals surface area contributed by atoms with Crippen molar-refractivity contribution in [1.82, 2.24) is 10.5 Å². The molecule has 0 aliphatic carbocycles. The van der Waals surface area contributed by atoms with E-state index in [2.05, 4.69) is 15.5 Å². The van der Waals surface area contributed by atoms with Crippen LogP contribution in [0.25, 0.3) is 0 Å². The summed E-state index contributed by atoms with van der Waals surface area (Å²) in [6.45, 7) is 9.47. The van der Waals surface area contributed by atoms with Gasteiger partial charge in [0.1, 0.15) is 5.66 Å². The smallest absolute Gasteiger partial charge is 0.131 e. The van der Waals surface area contributed by atoms with Crippen LogP contribution >= 0.6 is 0 Å². The number of nitrogens with zero attached hydrogens (tertiary/aromatic N) is 3. The number of hydroxylamine groups is 2. The van der Waals surface area contributed by atoms with Gasteiger partial charge in [-0.05, 0) is 34.6 Å². The van der Waals surface area contributed by atoms with Crippen LogP contribution in [0, 0.1) is 0 Å². The molecule has 0 spiro atoms. The van der Waals surface area contributed by atoms with Crippen LogP contribution in [0.3, 0.4) is 0 Å². The molecule has 1 heterocycles. The third kappa shape index (κ3) is 1.89. The SMILES string of the molecule is CN/N=C(\C)C1=NC(C)(C)N(O)C1(C)C. The van der Waals surface area contributed by atoms with Gasteiger partial charge in [-0.25, -0.2) is 0 Å². The van der Waals surface area contributed by atoms with Crippen LogP contribution in [-0.4, -0.2) is 39.9 Å². The molecule has 0 saturated carbocycles. The largest absolute Gasteiger partial charge is 0.313 e. The number of rotatable bonds is 2. The fourth-order valence-electron chi connectivity index (χ4n) is 1.99. The van der Waals surface area contributed by atoms with Crippen molar-refractivity contribution in [2.75, 3.05) is 7.05 Å². The first kappa shape index (κ1) is 12.1. The Bertz CT molecular complexity index is 317.